The van der Waals surface area contributed by atoms with Gasteiger partial charge in [-0.3, -0.25) is 14.5 Å². The second-order valence-corrected chi connectivity index (χ2v) is 5.57. The summed E-state index contributed by atoms with van der Waals surface area (Å²) in [5.74, 6) is -0.00734. The van der Waals surface area contributed by atoms with Gasteiger partial charge in [-0.1, -0.05) is 36.4 Å². The predicted octanol–water partition coefficient (Wildman–Crippen LogP) is 3.24. The average molecular weight is 308 g/mol. The third-order valence-corrected chi connectivity index (χ3v) is 4.18. The molecule has 4 heteroatoms. The summed E-state index contributed by atoms with van der Waals surface area (Å²) in [6.45, 7) is 2.53. The topological polar surface area (TPSA) is 40.6 Å². The molecule has 0 bridgehead atoms. The molecule has 1 atom stereocenters. The van der Waals surface area contributed by atoms with Crippen molar-refractivity contribution in [3.8, 4) is 0 Å². The fourth-order valence-electron chi connectivity index (χ4n) is 3.08. The SMILES string of the molecule is CCN(C(=O)C1CCC(=O)N1c1ccccc1)c1ccccc1. The van der Waals surface area contributed by atoms with Crippen LogP contribution in [0.2, 0.25) is 0 Å². The number of para-hydroxylation sites is 2. The zero-order valence-electron chi connectivity index (χ0n) is 13.2. The molecule has 1 aliphatic heterocycles. The van der Waals surface area contributed by atoms with Crippen LogP contribution in [-0.2, 0) is 9.59 Å². The van der Waals surface area contributed by atoms with E-state index in [9.17, 15) is 9.59 Å². The molecule has 23 heavy (non-hydrogen) atoms. The Kier molecular flexibility index (Phi) is 4.42. The van der Waals surface area contributed by atoms with Crippen LogP contribution in [0.5, 0.6) is 0 Å². The van der Waals surface area contributed by atoms with Gasteiger partial charge in [0.05, 0.1) is 0 Å². The van der Waals surface area contributed by atoms with Gasteiger partial charge in [-0.05, 0) is 37.6 Å². The van der Waals surface area contributed by atoms with Gasteiger partial charge in [-0.25, -0.2) is 0 Å². The zero-order valence-corrected chi connectivity index (χ0v) is 13.2. The minimum absolute atomic E-state index is 0.0127. The number of amides is 2. The van der Waals surface area contributed by atoms with Crippen molar-refractivity contribution in [2.75, 3.05) is 16.3 Å². The van der Waals surface area contributed by atoms with E-state index in [0.29, 0.717) is 19.4 Å². The Hall–Kier alpha value is -2.62. The molecule has 1 saturated heterocycles. The van der Waals surface area contributed by atoms with Gasteiger partial charge in [0.1, 0.15) is 6.04 Å². The highest BCUT2D eigenvalue weighted by Gasteiger charge is 2.39. The van der Waals surface area contributed by atoms with Crippen molar-refractivity contribution in [3.63, 3.8) is 0 Å². The van der Waals surface area contributed by atoms with E-state index in [-0.39, 0.29) is 11.8 Å². The molecule has 0 N–H and O–H groups in total. The Bertz CT molecular complexity index is 685. The number of carbonyl (C=O) groups excluding carboxylic acids is 2. The number of rotatable bonds is 4. The maximum Gasteiger partial charge on any atom is 0.250 e. The average Bonchev–Trinajstić information content (AvgIpc) is 2.99. The Balaban J connectivity index is 1.90. The summed E-state index contributed by atoms with van der Waals surface area (Å²) in [5.41, 5.74) is 1.66. The van der Waals surface area contributed by atoms with Crippen LogP contribution in [0.4, 0.5) is 11.4 Å². The summed E-state index contributed by atoms with van der Waals surface area (Å²) in [7, 11) is 0. The fraction of sp³-hybridized carbons (Fsp3) is 0.263. The first-order valence-electron chi connectivity index (χ1n) is 7.96. The van der Waals surface area contributed by atoms with Gasteiger partial charge in [-0.2, -0.15) is 0 Å². The molecule has 118 valence electrons. The smallest absolute Gasteiger partial charge is 0.250 e. The maximum atomic E-state index is 13.0. The van der Waals surface area contributed by atoms with Crippen LogP contribution in [-0.4, -0.2) is 24.4 Å². The van der Waals surface area contributed by atoms with E-state index in [2.05, 4.69) is 0 Å². The first-order valence-corrected chi connectivity index (χ1v) is 7.96. The normalized spacial score (nSPS) is 17.3. The third-order valence-electron chi connectivity index (χ3n) is 4.18. The summed E-state index contributed by atoms with van der Waals surface area (Å²) >= 11 is 0. The van der Waals surface area contributed by atoms with Crippen molar-refractivity contribution in [1.82, 2.24) is 0 Å². The Morgan fingerprint density at radius 2 is 1.70 bits per heavy atom. The second-order valence-electron chi connectivity index (χ2n) is 5.57. The first-order chi connectivity index (χ1) is 11.2. The monoisotopic (exact) mass is 308 g/mol. The van der Waals surface area contributed by atoms with E-state index in [1.54, 1.807) is 9.80 Å². The minimum Gasteiger partial charge on any atom is -0.311 e. The molecular formula is C19H20N2O2. The lowest BCUT2D eigenvalue weighted by Crippen LogP contribution is -2.47. The van der Waals surface area contributed by atoms with Gasteiger partial charge < -0.3 is 4.90 Å². The maximum absolute atomic E-state index is 13.0. The quantitative estimate of drug-likeness (QED) is 0.870. The van der Waals surface area contributed by atoms with Crippen LogP contribution in [0.15, 0.2) is 60.7 Å². The highest BCUT2D eigenvalue weighted by molar-refractivity contribution is 6.08. The van der Waals surface area contributed by atoms with E-state index >= 15 is 0 Å². The first kappa shape index (κ1) is 15.3. The Labute approximate surface area is 136 Å². The molecule has 0 aliphatic carbocycles. The van der Waals surface area contributed by atoms with Crippen LogP contribution in [0.1, 0.15) is 19.8 Å². The number of anilines is 2. The largest absolute Gasteiger partial charge is 0.311 e. The van der Waals surface area contributed by atoms with Gasteiger partial charge in [0.25, 0.3) is 0 Å². The van der Waals surface area contributed by atoms with Crippen LogP contribution in [0.25, 0.3) is 0 Å². The van der Waals surface area contributed by atoms with Crippen LogP contribution >= 0.6 is 0 Å². The third kappa shape index (κ3) is 2.97. The molecule has 2 aromatic rings. The van der Waals surface area contributed by atoms with E-state index in [0.717, 1.165) is 11.4 Å². The van der Waals surface area contributed by atoms with Gasteiger partial charge >= 0.3 is 0 Å². The second kappa shape index (κ2) is 6.65. The molecule has 1 aliphatic rings. The molecule has 4 nitrogen and oxygen atoms in total. The van der Waals surface area contributed by atoms with E-state index < -0.39 is 6.04 Å². The van der Waals surface area contributed by atoms with Crippen LogP contribution in [0.3, 0.4) is 0 Å². The lowest BCUT2D eigenvalue weighted by molar-refractivity contribution is -0.122. The number of hydrogen-bond acceptors (Lipinski definition) is 2. The molecule has 3 rings (SSSR count). The summed E-state index contributed by atoms with van der Waals surface area (Å²) in [5, 5.41) is 0. The number of nitrogens with zero attached hydrogens (tertiary/aromatic N) is 2. The molecule has 2 aromatic carbocycles. The standard InChI is InChI=1S/C19H20N2O2/c1-2-20(15-9-5-3-6-10-15)19(23)17-13-14-18(22)21(17)16-11-7-4-8-12-16/h3-12,17H,2,13-14H2,1H3. The van der Waals surface area contributed by atoms with Crippen molar-refractivity contribution in [1.29, 1.82) is 0 Å². The number of carbonyl (C=O) groups is 2. The number of hydrogen-bond donors (Lipinski definition) is 0. The Morgan fingerprint density at radius 3 is 2.30 bits per heavy atom. The summed E-state index contributed by atoms with van der Waals surface area (Å²) < 4.78 is 0. The molecular weight excluding hydrogens is 288 g/mol. The van der Waals surface area contributed by atoms with Crippen molar-refractivity contribution in [3.05, 3.63) is 60.7 Å². The summed E-state index contributed by atoms with van der Waals surface area (Å²) in [6, 6.07) is 18.6. The highest BCUT2D eigenvalue weighted by Crippen LogP contribution is 2.28. The van der Waals surface area contributed by atoms with Crippen molar-refractivity contribution >= 4 is 23.2 Å². The zero-order chi connectivity index (χ0) is 16.2. The van der Waals surface area contributed by atoms with Crippen LogP contribution in [0, 0.1) is 0 Å². The fourth-order valence-corrected chi connectivity index (χ4v) is 3.08. The van der Waals surface area contributed by atoms with Crippen molar-refractivity contribution in [2.45, 2.75) is 25.8 Å². The van der Waals surface area contributed by atoms with Gasteiger partial charge in [0.2, 0.25) is 11.8 Å². The van der Waals surface area contributed by atoms with E-state index in [1.807, 2.05) is 67.6 Å². The molecule has 0 saturated carbocycles. The molecule has 1 heterocycles. The highest BCUT2D eigenvalue weighted by atomic mass is 16.2. The number of likely N-dealkylation sites (N-methyl/N-ethyl adjacent to an activating group) is 1. The van der Waals surface area contributed by atoms with Crippen LogP contribution < -0.4 is 9.80 Å². The summed E-state index contributed by atoms with van der Waals surface area (Å²) in [4.78, 5) is 28.7. The molecule has 1 fully saturated rings. The van der Waals surface area contributed by atoms with E-state index in [4.69, 9.17) is 0 Å². The molecule has 2 amide bonds. The number of benzene rings is 2. The van der Waals surface area contributed by atoms with Gasteiger partial charge in [0.15, 0.2) is 0 Å². The Morgan fingerprint density at radius 1 is 1.09 bits per heavy atom. The molecule has 0 spiro atoms. The summed E-state index contributed by atoms with van der Waals surface area (Å²) in [6.07, 6.45) is 0.980. The minimum atomic E-state index is -0.426. The molecule has 0 radical (unpaired) electrons. The van der Waals surface area contributed by atoms with E-state index in [1.165, 1.54) is 0 Å². The van der Waals surface area contributed by atoms with Crippen molar-refractivity contribution < 1.29 is 9.59 Å². The van der Waals surface area contributed by atoms with Gasteiger partial charge in [-0.15, -0.1) is 0 Å². The lowest BCUT2D eigenvalue weighted by atomic mass is 10.1. The van der Waals surface area contributed by atoms with Crippen molar-refractivity contribution in [2.24, 2.45) is 0 Å². The molecule has 1 unspecified atom stereocenters. The predicted molar refractivity (Wildman–Crippen MR) is 91.4 cm³/mol. The van der Waals surface area contributed by atoms with Gasteiger partial charge in [0, 0.05) is 24.3 Å². The molecule has 0 aromatic heterocycles. The lowest BCUT2D eigenvalue weighted by Gasteiger charge is -2.29.